The van der Waals surface area contributed by atoms with Gasteiger partial charge in [0.15, 0.2) is 0 Å². The van der Waals surface area contributed by atoms with Gasteiger partial charge in [-0.3, -0.25) is 0 Å². The van der Waals surface area contributed by atoms with E-state index < -0.39 is 11.9 Å². The fraction of sp³-hybridized carbons (Fsp3) is 0.182. The molecule has 5 nitrogen and oxygen atoms in total. The summed E-state index contributed by atoms with van der Waals surface area (Å²) in [6.07, 6.45) is 0. The molecular formula is C22H20INO4. The van der Waals surface area contributed by atoms with Gasteiger partial charge in [-0.25, -0.2) is 9.59 Å². The molecule has 0 spiro atoms. The lowest BCUT2D eigenvalue weighted by molar-refractivity contribution is 0.0425. The van der Waals surface area contributed by atoms with Gasteiger partial charge in [0.05, 0.1) is 9.26 Å². The average Bonchev–Trinajstić information content (AvgIpc) is 2.96. The van der Waals surface area contributed by atoms with Gasteiger partial charge < -0.3 is 14.0 Å². The van der Waals surface area contributed by atoms with Gasteiger partial charge in [0.25, 0.3) is 0 Å². The van der Waals surface area contributed by atoms with Crippen LogP contribution in [0.4, 0.5) is 0 Å². The zero-order chi connectivity index (χ0) is 20.1. The van der Waals surface area contributed by atoms with Crippen molar-refractivity contribution in [1.82, 2.24) is 4.57 Å². The SMILES string of the molecule is Cc1c(C(=O)OCc2ccccc2)c(C(=O)OCc2ccccc2)c(I)n1C. The van der Waals surface area contributed by atoms with E-state index in [0.717, 1.165) is 11.1 Å². The highest BCUT2D eigenvalue weighted by Crippen LogP contribution is 2.26. The van der Waals surface area contributed by atoms with Crippen molar-refractivity contribution in [2.45, 2.75) is 20.1 Å². The summed E-state index contributed by atoms with van der Waals surface area (Å²) in [5.41, 5.74) is 2.92. The quantitative estimate of drug-likeness (QED) is 0.374. The third-order valence-corrected chi connectivity index (χ3v) is 5.71. The zero-order valence-electron chi connectivity index (χ0n) is 15.6. The van der Waals surface area contributed by atoms with Gasteiger partial charge in [-0.2, -0.15) is 0 Å². The molecular weight excluding hydrogens is 469 g/mol. The minimum atomic E-state index is -0.538. The Kier molecular flexibility index (Phi) is 6.51. The normalized spacial score (nSPS) is 10.5. The molecule has 144 valence electrons. The van der Waals surface area contributed by atoms with Gasteiger partial charge in [0, 0.05) is 12.7 Å². The number of rotatable bonds is 6. The number of nitrogens with zero attached hydrogens (tertiary/aromatic N) is 1. The van der Waals surface area contributed by atoms with Gasteiger partial charge in [-0.05, 0) is 40.6 Å². The summed E-state index contributed by atoms with van der Waals surface area (Å²) >= 11 is 2.05. The van der Waals surface area contributed by atoms with Crippen LogP contribution in [-0.2, 0) is 29.7 Å². The number of carbonyl (C=O) groups is 2. The lowest BCUT2D eigenvalue weighted by Gasteiger charge is -2.08. The second kappa shape index (κ2) is 9.05. The van der Waals surface area contributed by atoms with E-state index in [0.29, 0.717) is 9.39 Å². The molecule has 1 heterocycles. The van der Waals surface area contributed by atoms with E-state index in [4.69, 9.17) is 9.47 Å². The summed E-state index contributed by atoms with van der Waals surface area (Å²) in [7, 11) is 1.80. The molecule has 0 unspecified atom stereocenters. The predicted octanol–water partition coefficient (Wildman–Crippen LogP) is 4.65. The Morgan fingerprint density at radius 1 is 0.821 bits per heavy atom. The van der Waals surface area contributed by atoms with Crippen LogP contribution in [0.1, 0.15) is 37.5 Å². The third-order valence-electron chi connectivity index (χ3n) is 4.45. The highest BCUT2D eigenvalue weighted by atomic mass is 127. The number of aromatic nitrogens is 1. The highest BCUT2D eigenvalue weighted by molar-refractivity contribution is 14.1. The van der Waals surface area contributed by atoms with E-state index in [1.807, 2.05) is 83.3 Å². The number of hydrogen-bond acceptors (Lipinski definition) is 4. The Balaban J connectivity index is 1.80. The van der Waals surface area contributed by atoms with Gasteiger partial charge in [-0.15, -0.1) is 0 Å². The summed E-state index contributed by atoms with van der Waals surface area (Å²) in [6, 6.07) is 18.8. The molecule has 3 rings (SSSR count). The summed E-state index contributed by atoms with van der Waals surface area (Å²) < 4.78 is 13.3. The first kappa shape index (κ1) is 20.1. The lowest BCUT2D eigenvalue weighted by Crippen LogP contribution is -2.14. The van der Waals surface area contributed by atoms with E-state index in [2.05, 4.69) is 0 Å². The maximum atomic E-state index is 12.8. The Morgan fingerprint density at radius 3 is 1.71 bits per heavy atom. The van der Waals surface area contributed by atoms with E-state index >= 15 is 0 Å². The number of esters is 2. The second-order valence-electron chi connectivity index (χ2n) is 6.31. The minimum Gasteiger partial charge on any atom is -0.457 e. The van der Waals surface area contributed by atoms with Crippen LogP contribution in [0.25, 0.3) is 0 Å². The van der Waals surface area contributed by atoms with Crippen molar-refractivity contribution < 1.29 is 19.1 Å². The standard InChI is InChI=1S/C22H20INO4/c1-15-18(21(25)27-13-16-9-5-3-6-10-16)19(20(23)24(15)2)22(26)28-14-17-11-7-4-8-12-17/h3-12H,13-14H2,1-2H3. The molecule has 0 aliphatic rings. The molecule has 6 heteroatoms. The molecule has 0 aliphatic heterocycles. The summed E-state index contributed by atoms with van der Waals surface area (Å²) in [6.45, 7) is 2.07. The molecule has 28 heavy (non-hydrogen) atoms. The zero-order valence-corrected chi connectivity index (χ0v) is 17.8. The number of carbonyl (C=O) groups excluding carboxylic acids is 2. The summed E-state index contributed by atoms with van der Waals surface area (Å²) in [4.78, 5) is 25.5. The maximum Gasteiger partial charge on any atom is 0.342 e. The third kappa shape index (κ3) is 4.44. The van der Waals surface area contributed by atoms with Crippen molar-refractivity contribution in [2.75, 3.05) is 0 Å². The number of halogens is 1. The van der Waals surface area contributed by atoms with Crippen LogP contribution < -0.4 is 0 Å². The number of benzene rings is 2. The molecule has 3 aromatic rings. The van der Waals surface area contributed by atoms with Crippen molar-refractivity contribution in [3.8, 4) is 0 Å². The number of ether oxygens (including phenoxy) is 2. The van der Waals surface area contributed by atoms with Gasteiger partial charge in [-0.1, -0.05) is 60.7 Å². The molecule has 0 saturated carbocycles. The lowest BCUT2D eigenvalue weighted by atomic mass is 10.1. The maximum absolute atomic E-state index is 12.8. The molecule has 1 aromatic heterocycles. The van der Waals surface area contributed by atoms with Crippen LogP contribution in [0.3, 0.4) is 0 Å². The molecule has 0 aliphatic carbocycles. The largest absolute Gasteiger partial charge is 0.457 e. The van der Waals surface area contributed by atoms with Crippen LogP contribution in [0.15, 0.2) is 60.7 Å². The van der Waals surface area contributed by atoms with Crippen molar-refractivity contribution in [3.63, 3.8) is 0 Å². The molecule has 0 fully saturated rings. The van der Waals surface area contributed by atoms with Crippen LogP contribution >= 0.6 is 22.6 Å². The van der Waals surface area contributed by atoms with E-state index in [1.165, 1.54) is 0 Å². The van der Waals surface area contributed by atoms with Gasteiger partial charge in [0.2, 0.25) is 0 Å². The summed E-state index contributed by atoms with van der Waals surface area (Å²) in [5.74, 6) is -1.07. The van der Waals surface area contributed by atoms with Crippen molar-refractivity contribution in [3.05, 3.63) is 92.3 Å². The Hall–Kier alpha value is -2.61. The number of hydrogen-bond donors (Lipinski definition) is 0. The monoisotopic (exact) mass is 489 g/mol. The fourth-order valence-corrected chi connectivity index (χ4v) is 3.65. The topological polar surface area (TPSA) is 57.5 Å². The average molecular weight is 489 g/mol. The van der Waals surface area contributed by atoms with Crippen LogP contribution in [0.2, 0.25) is 0 Å². The van der Waals surface area contributed by atoms with Crippen molar-refractivity contribution >= 4 is 34.5 Å². The molecule has 0 saturated heterocycles. The van der Waals surface area contributed by atoms with E-state index in [1.54, 1.807) is 18.5 Å². The highest BCUT2D eigenvalue weighted by Gasteiger charge is 2.29. The van der Waals surface area contributed by atoms with Crippen LogP contribution in [0.5, 0.6) is 0 Å². The molecule has 0 radical (unpaired) electrons. The van der Waals surface area contributed by atoms with E-state index in [-0.39, 0.29) is 24.3 Å². The molecule has 0 amide bonds. The van der Waals surface area contributed by atoms with Gasteiger partial charge >= 0.3 is 11.9 Å². The van der Waals surface area contributed by atoms with Gasteiger partial charge in [0.1, 0.15) is 18.8 Å². The molecule has 0 atom stereocenters. The first-order chi connectivity index (χ1) is 13.5. The fourth-order valence-electron chi connectivity index (χ4n) is 2.79. The van der Waals surface area contributed by atoms with E-state index in [9.17, 15) is 9.59 Å². The first-order valence-corrected chi connectivity index (χ1v) is 9.83. The molecule has 2 aromatic carbocycles. The second-order valence-corrected chi connectivity index (χ2v) is 7.33. The molecule has 0 N–H and O–H groups in total. The first-order valence-electron chi connectivity index (χ1n) is 8.76. The summed E-state index contributed by atoms with van der Waals surface area (Å²) in [5, 5.41) is 0. The Morgan fingerprint density at radius 2 is 1.25 bits per heavy atom. The Bertz CT molecular complexity index is 902. The van der Waals surface area contributed by atoms with Crippen LogP contribution in [0, 0.1) is 10.6 Å². The molecule has 0 bridgehead atoms. The van der Waals surface area contributed by atoms with Crippen LogP contribution in [-0.4, -0.2) is 16.5 Å². The Labute approximate surface area is 177 Å². The van der Waals surface area contributed by atoms with Crippen molar-refractivity contribution in [2.24, 2.45) is 7.05 Å². The minimum absolute atomic E-state index is 0.141. The van der Waals surface area contributed by atoms with Crippen molar-refractivity contribution in [1.29, 1.82) is 0 Å². The smallest absolute Gasteiger partial charge is 0.342 e. The predicted molar refractivity (Wildman–Crippen MR) is 114 cm³/mol.